The van der Waals surface area contributed by atoms with E-state index in [9.17, 15) is 9.59 Å². The number of hydrogen-bond donors (Lipinski definition) is 1. The van der Waals surface area contributed by atoms with Crippen molar-refractivity contribution in [3.63, 3.8) is 0 Å². The van der Waals surface area contributed by atoms with E-state index in [1.807, 2.05) is 12.1 Å². The maximum atomic E-state index is 12.5. The van der Waals surface area contributed by atoms with Crippen LogP contribution in [0.15, 0.2) is 74.7 Å². The molecule has 0 spiro atoms. The minimum atomic E-state index is -0.498. The summed E-state index contributed by atoms with van der Waals surface area (Å²) in [6, 6.07) is 17.6. The molecule has 0 aromatic heterocycles. The number of carbonyl (C=O) groups excluding carboxylic acids is 2. The van der Waals surface area contributed by atoms with Crippen LogP contribution in [0.1, 0.15) is 37.4 Å². The van der Waals surface area contributed by atoms with Crippen LogP contribution in [-0.2, 0) is 18.0 Å². The van der Waals surface area contributed by atoms with Crippen molar-refractivity contribution in [1.82, 2.24) is 5.43 Å². The molecule has 6 nitrogen and oxygen atoms in total. The van der Waals surface area contributed by atoms with Gasteiger partial charge in [-0.3, -0.25) is 4.79 Å². The van der Waals surface area contributed by atoms with E-state index in [1.165, 1.54) is 6.21 Å². The van der Waals surface area contributed by atoms with Crippen LogP contribution >= 0.6 is 31.9 Å². The maximum absolute atomic E-state index is 12.5. The van der Waals surface area contributed by atoms with E-state index in [-0.39, 0.29) is 5.91 Å². The molecule has 0 atom stereocenters. The first-order valence-corrected chi connectivity index (χ1v) is 10.9. The number of esters is 1. The van der Waals surface area contributed by atoms with Gasteiger partial charge in [0, 0.05) is 15.6 Å². The van der Waals surface area contributed by atoms with Gasteiger partial charge in [-0.15, -0.1) is 0 Å². The normalized spacial score (nSPS) is 12.6. The van der Waals surface area contributed by atoms with E-state index in [0.29, 0.717) is 40.1 Å². The summed E-state index contributed by atoms with van der Waals surface area (Å²) in [4.78, 5) is 24.9. The fourth-order valence-corrected chi connectivity index (χ4v) is 4.39. The Morgan fingerprint density at radius 1 is 0.968 bits per heavy atom. The number of fused-ring (bicyclic) bond motifs is 1. The van der Waals surface area contributed by atoms with Crippen LogP contribution < -0.4 is 10.2 Å². The highest BCUT2D eigenvalue weighted by Crippen LogP contribution is 2.32. The lowest BCUT2D eigenvalue weighted by Crippen LogP contribution is -2.18. The molecule has 1 aliphatic rings. The Labute approximate surface area is 195 Å². The quantitative estimate of drug-likeness (QED) is 0.207. The van der Waals surface area contributed by atoms with Crippen molar-refractivity contribution in [2.45, 2.75) is 13.2 Å². The molecule has 156 valence electrons. The summed E-state index contributed by atoms with van der Waals surface area (Å²) in [6.07, 6.45) is 1.43. The van der Waals surface area contributed by atoms with Crippen LogP contribution in [0.4, 0.5) is 0 Å². The summed E-state index contributed by atoms with van der Waals surface area (Å²) < 4.78 is 12.3. The number of nitrogens with zero attached hydrogens (tertiary/aromatic N) is 1. The zero-order valence-corrected chi connectivity index (χ0v) is 19.3. The van der Waals surface area contributed by atoms with Crippen molar-refractivity contribution in [3.05, 3.63) is 97.4 Å². The zero-order chi connectivity index (χ0) is 21.8. The van der Waals surface area contributed by atoms with Crippen molar-refractivity contribution in [3.8, 4) is 5.75 Å². The molecule has 0 saturated carbocycles. The lowest BCUT2D eigenvalue weighted by atomic mass is 10.1. The molecule has 0 radical (unpaired) electrons. The summed E-state index contributed by atoms with van der Waals surface area (Å²) in [7, 11) is 0. The van der Waals surface area contributed by atoms with Crippen molar-refractivity contribution in [2.75, 3.05) is 0 Å². The Morgan fingerprint density at radius 2 is 1.74 bits per heavy atom. The van der Waals surface area contributed by atoms with Crippen molar-refractivity contribution in [1.29, 1.82) is 0 Å². The predicted molar refractivity (Wildman–Crippen MR) is 123 cm³/mol. The summed E-state index contributed by atoms with van der Waals surface area (Å²) >= 11 is 6.83. The Bertz CT molecular complexity index is 1180. The van der Waals surface area contributed by atoms with Gasteiger partial charge < -0.3 is 9.47 Å². The molecule has 8 heteroatoms. The van der Waals surface area contributed by atoms with Crippen LogP contribution in [0, 0.1) is 0 Å². The van der Waals surface area contributed by atoms with Gasteiger partial charge in [0.05, 0.1) is 29.5 Å². The number of carbonyl (C=O) groups is 2. The fourth-order valence-electron chi connectivity index (χ4n) is 3.05. The number of benzene rings is 3. The molecule has 0 saturated heterocycles. The van der Waals surface area contributed by atoms with E-state index < -0.39 is 5.97 Å². The van der Waals surface area contributed by atoms with Gasteiger partial charge in [0.2, 0.25) is 0 Å². The zero-order valence-electron chi connectivity index (χ0n) is 16.1. The minimum absolute atomic E-state index is 0.296. The number of nitrogens with one attached hydrogen (secondary N) is 1. The lowest BCUT2D eigenvalue weighted by molar-refractivity contribution is 0.0733. The second-order valence-corrected chi connectivity index (χ2v) is 8.51. The van der Waals surface area contributed by atoms with E-state index in [4.69, 9.17) is 9.47 Å². The second kappa shape index (κ2) is 9.55. The molecule has 1 heterocycles. The Morgan fingerprint density at radius 3 is 2.55 bits per heavy atom. The molecule has 4 rings (SSSR count). The highest BCUT2D eigenvalue weighted by Gasteiger charge is 2.16. The first-order chi connectivity index (χ1) is 15.0. The van der Waals surface area contributed by atoms with Gasteiger partial charge in [-0.2, -0.15) is 5.10 Å². The van der Waals surface area contributed by atoms with Crippen LogP contribution in [0.25, 0.3) is 0 Å². The number of hydrazone groups is 1. The van der Waals surface area contributed by atoms with E-state index in [1.54, 1.807) is 48.5 Å². The Hall–Kier alpha value is -2.81. The number of ether oxygens (including phenoxy) is 2. The fraction of sp³-hybridized carbons (Fsp3) is 0.0870. The topological polar surface area (TPSA) is 77.0 Å². The van der Waals surface area contributed by atoms with Gasteiger partial charge in [-0.1, -0.05) is 40.2 Å². The summed E-state index contributed by atoms with van der Waals surface area (Å²) in [5.41, 5.74) is 6.02. The number of amides is 1. The lowest BCUT2D eigenvalue weighted by Gasteiger charge is -2.10. The first kappa shape index (κ1) is 21.4. The third kappa shape index (κ3) is 5.10. The smallest absolute Gasteiger partial charge is 0.343 e. The highest BCUT2D eigenvalue weighted by molar-refractivity contribution is 9.11. The molecule has 0 bridgehead atoms. The molecule has 1 aliphatic heterocycles. The molecule has 1 N–H and O–H groups in total. The highest BCUT2D eigenvalue weighted by atomic mass is 79.9. The van der Waals surface area contributed by atoms with Crippen LogP contribution in [0.2, 0.25) is 0 Å². The maximum Gasteiger partial charge on any atom is 0.343 e. The first-order valence-electron chi connectivity index (χ1n) is 9.30. The van der Waals surface area contributed by atoms with E-state index in [0.717, 1.165) is 15.6 Å². The van der Waals surface area contributed by atoms with Crippen molar-refractivity contribution in [2.24, 2.45) is 5.10 Å². The molecule has 31 heavy (non-hydrogen) atoms. The summed E-state index contributed by atoms with van der Waals surface area (Å²) in [5, 5.41) is 4.05. The number of hydrogen-bond acceptors (Lipinski definition) is 5. The van der Waals surface area contributed by atoms with Gasteiger partial charge in [-0.05, 0) is 63.5 Å². The SMILES string of the molecule is O=C(NN=Cc1cc(Br)cc(Br)c1OC(=O)c1ccccc1)c1ccc2c(c1)COC2. The number of rotatable bonds is 5. The molecular weight excluding hydrogens is 528 g/mol. The summed E-state index contributed by atoms with van der Waals surface area (Å²) in [6.45, 7) is 1.07. The summed E-state index contributed by atoms with van der Waals surface area (Å²) in [5.74, 6) is -0.546. The predicted octanol–water partition coefficient (Wildman–Crippen LogP) is 5.22. The van der Waals surface area contributed by atoms with E-state index >= 15 is 0 Å². The van der Waals surface area contributed by atoms with Crippen molar-refractivity contribution < 1.29 is 19.1 Å². The number of halogens is 2. The van der Waals surface area contributed by atoms with Crippen LogP contribution in [-0.4, -0.2) is 18.1 Å². The van der Waals surface area contributed by atoms with Crippen molar-refractivity contribution >= 4 is 50.0 Å². The Balaban J connectivity index is 1.51. The van der Waals surface area contributed by atoms with Gasteiger partial charge in [0.1, 0.15) is 0 Å². The molecule has 3 aromatic carbocycles. The third-order valence-corrected chi connectivity index (χ3v) is 5.64. The largest absolute Gasteiger partial charge is 0.421 e. The average Bonchev–Trinajstić information content (AvgIpc) is 3.24. The standard InChI is InChI=1S/C23H16Br2N2O4/c24-19-9-17(21(20(25)10-19)31-23(29)14-4-2-1-3-5-14)11-26-27-22(28)15-6-7-16-12-30-13-18(16)8-15/h1-11H,12-13H2,(H,27,28). The van der Waals surface area contributed by atoms with Gasteiger partial charge >= 0.3 is 5.97 Å². The third-order valence-electron chi connectivity index (χ3n) is 4.59. The van der Waals surface area contributed by atoms with Crippen LogP contribution in [0.5, 0.6) is 5.75 Å². The minimum Gasteiger partial charge on any atom is -0.421 e. The molecule has 0 fully saturated rings. The monoisotopic (exact) mass is 542 g/mol. The molecule has 0 unspecified atom stereocenters. The molecule has 1 amide bonds. The molecular formula is C23H16Br2N2O4. The van der Waals surface area contributed by atoms with Gasteiger partial charge in [0.25, 0.3) is 5.91 Å². The Kier molecular flexibility index (Phi) is 6.60. The second-order valence-electron chi connectivity index (χ2n) is 6.74. The van der Waals surface area contributed by atoms with E-state index in [2.05, 4.69) is 42.4 Å². The molecule has 0 aliphatic carbocycles. The van der Waals surface area contributed by atoms with Gasteiger partial charge in [0.15, 0.2) is 5.75 Å². The van der Waals surface area contributed by atoms with Crippen LogP contribution in [0.3, 0.4) is 0 Å². The van der Waals surface area contributed by atoms with Gasteiger partial charge in [-0.25, -0.2) is 10.2 Å². The molecule has 3 aromatic rings. The average molecular weight is 544 g/mol.